The largest absolute Gasteiger partial charge is 0.349 e. The Morgan fingerprint density at radius 2 is 1.79 bits per heavy atom. The van der Waals surface area contributed by atoms with Crippen LogP contribution in [0.25, 0.3) is 0 Å². The average molecular weight is 424 g/mol. The molecule has 2 aromatic carbocycles. The third-order valence-electron chi connectivity index (χ3n) is 4.85. The van der Waals surface area contributed by atoms with E-state index in [9.17, 15) is 13.2 Å². The van der Waals surface area contributed by atoms with E-state index >= 15 is 0 Å². The topological polar surface area (TPSA) is 87.3 Å². The van der Waals surface area contributed by atoms with Crippen molar-refractivity contribution in [2.45, 2.75) is 31.2 Å². The van der Waals surface area contributed by atoms with Gasteiger partial charge in [-0.2, -0.15) is 0 Å². The van der Waals surface area contributed by atoms with Crippen LogP contribution >= 0.6 is 12.4 Å². The summed E-state index contributed by atoms with van der Waals surface area (Å²) in [4.78, 5) is 12.9. The minimum Gasteiger partial charge on any atom is -0.349 e. The number of carbonyl (C=O) groups excluding carboxylic acids is 1. The van der Waals surface area contributed by atoms with E-state index in [-0.39, 0.29) is 34.9 Å². The highest BCUT2D eigenvalue weighted by Crippen LogP contribution is 2.21. The summed E-state index contributed by atoms with van der Waals surface area (Å²) < 4.78 is 27.9. The normalized spacial score (nSPS) is 19.4. The third kappa shape index (κ3) is 5.25. The second-order valence-corrected chi connectivity index (χ2v) is 8.70. The maximum Gasteiger partial charge on any atom is 0.261 e. The first-order valence-corrected chi connectivity index (χ1v) is 10.6. The molecule has 2 unspecified atom stereocenters. The first kappa shape index (κ1) is 22.2. The number of rotatable bonds is 5. The smallest absolute Gasteiger partial charge is 0.261 e. The Labute approximate surface area is 172 Å². The maximum absolute atomic E-state index is 12.8. The van der Waals surface area contributed by atoms with E-state index < -0.39 is 10.0 Å². The fraction of sp³-hybridized carbons (Fsp3) is 0.350. The number of carbonyl (C=O) groups is 1. The molecule has 1 amide bonds. The number of benzene rings is 2. The molecule has 2 aromatic rings. The van der Waals surface area contributed by atoms with Crippen LogP contribution in [0.4, 0.5) is 5.69 Å². The van der Waals surface area contributed by atoms with Gasteiger partial charge >= 0.3 is 0 Å². The van der Waals surface area contributed by atoms with Gasteiger partial charge in [0.05, 0.1) is 16.1 Å². The summed E-state index contributed by atoms with van der Waals surface area (Å²) in [6.45, 7) is 5.69. The molecule has 1 fully saturated rings. The molecule has 1 saturated heterocycles. The van der Waals surface area contributed by atoms with Crippen molar-refractivity contribution in [2.24, 2.45) is 5.92 Å². The first-order valence-electron chi connectivity index (χ1n) is 9.07. The van der Waals surface area contributed by atoms with Gasteiger partial charge in [-0.15, -0.1) is 12.4 Å². The van der Waals surface area contributed by atoms with Gasteiger partial charge in [0, 0.05) is 6.04 Å². The molecule has 0 saturated carbocycles. The summed E-state index contributed by atoms with van der Waals surface area (Å²) in [5.41, 5.74) is 1.57. The molecule has 152 valence electrons. The number of aryl methyl sites for hydroxylation is 1. The lowest BCUT2D eigenvalue weighted by molar-refractivity contribution is 0.0915. The van der Waals surface area contributed by atoms with E-state index in [1.165, 1.54) is 0 Å². The monoisotopic (exact) mass is 423 g/mol. The Bertz CT molecular complexity index is 917. The minimum atomic E-state index is -3.77. The highest BCUT2D eigenvalue weighted by molar-refractivity contribution is 7.92. The van der Waals surface area contributed by atoms with Crippen LogP contribution in [-0.4, -0.2) is 33.5 Å². The van der Waals surface area contributed by atoms with E-state index in [1.54, 1.807) is 48.5 Å². The number of halogens is 1. The van der Waals surface area contributed by atoms with Gasteiger partial charge in [-0.25, -0.2) is 8.42 Å². The van der Waals surface area contributed by atoms with E-state index in [4.69, 9.17) is 0 Å². The number of hydrogen-bond donors (Lipinski definition) is 3. The first-order chi connectivity index (χ1) is 12.9. The zero-order valence-electron chi connectivity index (χ0n) is 15.9. The van der Waals surface area contributed by atoms with E-state index in [2.05, 4.69) is 22.3 Å². The summed E-state index contributed by atoms with van der Waals surface area (Å²) in [6, 6.07) is 13.3. The van der Waals surface area contributed by atoms with Gasteiger partial charge in [-0.3, -0.25) is 9.52 Å². The molecule has 1 aliphatic rings. The molecule has 3 rings (SSSR count). The molecular formula is C20H26ClN3O3S. The molecule has 0 radical (unpaired) electrons. The summed E-state index contributed by atoms with van der Waals surface area (Å²) in [6.07, 6.45) is 0.851. The lowest BCUT2D eigenvalue weighted by Crippen LogP contribution is -2.48. The van der Waals surface area contributed by atoms with Crippen LogP contribution in [0, 0.1) is 12.8 Å². The van der Waals surface area contributed by atoms with E-state index in [1.807, 2.05) is 6.92 Å². The third-order valence-corrected chi connectivity index (χ3v) is 6.23. The van der Waals surface area contributed by atoms with Gasteiger partial charge in [0.25, 0.3) is 15.9 Å². The van der Waals surface area contributed by atoms with Gasteiger partial charge < -0.3 is 10.6 Å². The standard InChI is InChI=1S/C20H25N3O3S.ClH/c1-14-7-9-16(10-8-14)27(25,26)23-19-6-4-3-5-17(19)20(24)22-18-11-12-21-13-15(18)2;/h3-10,15,18,21,23H,11-13H2,1-2H3,(H,22,24);1H. The van der Waals surface area contributed by atoms with Gasteiger partial charge in [0.1, 0.15) is 0 Å². The molecule has 3 N–H and O–H groups in total. The number of anilines is 1. The Balaban J connectivity index is 0.00000280. The second-order valence-electron chi connectivity index (χ2n) is 7.01. The predicted octanol–water partition coefficient (Wildman–Crippen LogP) is 2.95. The molecule has 0 aliphatic carbocycles. The average Bonchev–Trinajstić information content (AvgIpc) is 2.64. The van der Waals surface area contributed by atoms with Crippen molar-refractivity contribution in [3.05, 3.63) is 59.7 Å². The molecule has 2 atom stereocenters. The highest BCUT2D eigenvalue weighted by atomic mass is 35.5. The molecule has 0 aromatic heterocycles. The molecule has 28 heavy (non-hydrogen) atoms. The molecule has 8 heteroatoms. The lowest BCUT2D eigenvalue weighted by atomic mass is 9.95. The van der Waals surface area contributed by atoms with Crippen molar-refractivity contribution < 1.29 is 13.2 Å². The number of amides is 1. The number of piperidine rings is 1. The fourth-order valence-electron chi connectivity index (χ4n) is 3.17. The fourth-order valence-corrected chi connectivity index (χ4v) is 4.25. The molecule has 6 nitrogen and oxygen atoms in total. The van der Waals surface area contributed by atoms with Crippen LogP contribution < -0.4 is 15.4 Å². The molecule has 0 spiro atoms. The molecule has 0 bridgehead atoms. The Hall–Kier alpha value is -2.09. The number of nitrogens with one attached hydrogen (secondary N) is 3. The Kier molecular flexibility index (Phi) is 7.46. The van der Waals surface area contributed by atoms with Crippen molar-refractivity contribution in [1.82, 2.24) is 10.6 Å². The van der Waals surface area contributed by atoms with Crippen LogP contribution in [0.3, 0.4) is 0 Å². The van der Waals surface area contributed by atoms with E-state index in [0.717, 1.165) is 25.1 Å². The second kappa shape index (κ2) is 9.41. The van der Waals surface area contributed by atoms with Crippen LogP contribution in [0.15, 0.2) is 53.4 Å². The van der Waals surface area contributed by atoms with Gasteiger partial charge in [0.15, 0.2) is 0 Å². The zero-order chi connectivity index (χ0) is 19.4. The van der Waals surface area contributed by atoms with Crippen molar-refractivity contribution in [1.29, 1.82) is 0 Å². The lowest BCUT2D eigenvalue weighted by Gasteiger charge is -2.30. The quantitative estimate of drug-likeness (QED) is 0.690. The zero-order valence-corrected chi connectivity index (χ0v) is 17.6. The van der Waals surface area contributed by atoms with Crippen molar-refractivity contribution in [2.75, 3.05) is 17.8 Å². The van der Waals surface area contributed by atoms with Crippen molar-refractivity contribution in [3.63, 3.8) is 0 Å². The van der Waals surface area contributed by atoms with Gasteiger partial charge in [-0.05, 0) is 56.6 Å². The number of hydrogen-bond acceptors (Lipinski definition) is 4. The van der Waals surface area contributed by atoms with Crippen LogP contribution in [-0.2, 0) is 10.0 Å². The SMILES string of the molecule is Cc1ccc(S(=O)(=O)Nc2ccccc2C(=O)NC2CCNCC2C)cc1.Cl. The Morgan fingerprint density at radius 1 is 1.11 bits per heavy atom. The Morgan fingerprint density at radius 3 is 2.46 bits per heavy atom. The highest BCUT2D eigenvalue weighted by Gasteiger charge is 2.25. The van der Waals surface area contributed by atoms with Crippen molar-refractivity contribution in [3.8, 4) is 0 Å². The van der Waals surface area contributed by atoms with Crippen LogP contribution in [0.5, 0.6) is 0 Å². The summed E-state index contributed by atoms with van der Waals surface area (Å²) >= 11 is 0. The predicted molar refractivity (Wildman–Crippen MR) is 114 cm³/mol. The minimum absolute atomic E-state index is 0. The van der Waals surface area contributed by atoms with Crippen LogP contribution in [0.2, 0.25) is 0 Å². The summed E-state index contributed by atoms with van der Waals surface area (Å²) in [7, 11) is -3.77. The number of para-hydroxylation sites is 1. The maximum atomic E-state index is 12.8. The van der Waals surface area contributed by atoms with Gasteiger partial charge in [0.2, 0.25) is 0 Å². The summed E-state index contributed by atoms with van der Waals surface area (Å²) in [5.74, 6) is 0.0510. The van der Waals surface area contributed by atoms with Crippen LogP contribution in [0.1, 0.15) is 29.3 Å². The van der Waals surface area contributed by atoms with E-state index in [0.29, 0.717) is 11.5 Å². The summed E-state index contributed by atoms with van der Waals surface area (Å²) in [5, 5.41) is 6.34. The molecule has 1 heterocycles. The van der Waals surface area contributed by atoms with Crippen molar-refractivity contribution >= 4 is 34.0 Å². The molecular weight excluding hydrogens is 398 g/mol. The van der Waals surface area contributed by atoms with Gasteiger partial charge in [-0.1, -0.05) is 36.8 Å². The molecule has 1 aliphatic heterocycles. The number of sulfonamides is 1.